The Morgan fingerprint density at radius 2 is 2.19 bits per heavy atom. The number of amides is 1. The number of carboxylic acid groups (broad SMARTS) is 1. The van der Waals surface area contributed by atoms with Crippen molar-refractivity contribution in [3.05, 3.63) is 29.2 Å². The normalized spacial score (nSPS) is 25.9. The van der Waals surface area contributed by atoms with Gasteiger partial charge in [0.05, 0.1) is 6.20 Å². The highest BCUT2D eigenvalue weighted by atomic mass is 16.4. The van der Waals surface area contributed by atoms with Crippen molar-refractivity contribution < 1.29 is 14.7 Å². The van der Waals surface area contributed by atoms with Crippen molar-refractivity contribution in [1.29, 1.82) is 0 Å². The first kappa shape index (κ1) is 17.0. The lowest BCUT2D eigenvalue weighted by molar-refractivity contribution is -0.156. The number of likely N-dealkylation sites (tertiary alicyclic amines) is 1. The molecule has 4 rings (SSSR count). The molecular formula is C18H23N5O3. The van der Waals surface area contributed by atoms with Crippen molar-refractivity contribution in [2.45, 2.75) is 39.2 Å². The van der Waals surface area contributed by atoms with Crippen molar-refractivity contribution in [3.63, 3.8) is 0 Å². The van der Waals surface area contributed by atoms with Crippen LogP contribution in [-0.4, -0.2) is 62.2 Å². The number of carbonyl (C=O) groups is 2. The zero-order valence-corrected chi connectivity index (χ0v) is 15.0. The summed E-state index contributed by atoms with van der Waals surface area (Å²) in [6, 6.07) is 1.83. The largest absolute Gasteiger partial charge is 0.481 e. The molecule has 8 heteroatoms. The Morgan fingerprint density at radius 1 is 1.38 bits per heavy atom. The predicted molar refractivity (Wildman–Crippen MR) is 94.1 cm³/mol. The molecular weight excluding hydrogens is 334 g/mol. The van der Waals surface area contributed by atoms with Crippen LogP contribution in [0.4, 0.5) is 0 Å². The summed E-state index contributed by atoms with van der Waals surface area (Å²) in [4.78, 5) is 31.3. The lowest BCUT2D eigenvalue weighted by atomic mass is 9.70. The molecule has 8 nitrogen and oxygen atoms in total. The van der Waals surface area contributed by atoms with Gasteiger partial charge >= 0.3 is 5.97 Å². The van der Waals surface area contributed by atoms with Gasteiger partial charge < -0.3 is 15.3 Å². The Morgan fingerprint density at radius 3 is 2.96 bits per heavy atom. The second kappa shape index (κ2) is 6.05. The van der Waals surface area contributed by atoms with E-state index in [9.17, 15) is 14.7 Å². The molecule has 2 atom stereocenters. The number of nitrogens with zero attached hydrogens (tertiary/aromatic N) is 4. The number of hydrogen-bond donors (Lipinski definition) is 2. The van der Waals surface area contributed by atoms with Crippen molar-refractivity contribution >= 4 is 17.5 Å². The first-order valence-corrected chi connectivity index (χ1v) is 9.00. The van der Waals surface area contributed by atoms with Crippen molar-refractivity contribution in [2.75, 3.05) is 19.6 Å². The van der Waals surface area contributed by atoms with Crippen LogP contribution >= 0.6 is 0 Å². The highest BCUT2D eigenvalue weighted by Crippen LogP contribution is 2.38. The third kappa shape index (κ3) is 2.47. The predicted octanol–water partition coefficient (Wildman–Crippen LogP) is 1.02. The molecule has 2 aliphatic heterocycles. The summed E-state index contributed by atoms with van der Waals surface area (Å²) in [5, 5.41) is 17.5. The van der Waals surface area contributed by atoms with Gasteiger partial charge in [0, 0.05) is 30.5 Å². The zero-order valence-electron chi connectivity index (χ0n) is 15.0. The molecule has 138 valence electrons. The molecule has 0 saturated carbocycles. The van der Waals surface area contributed by atoms with E-state index in [1.165, 1.54) is 6.20 Å². The average molecular weight is 357 g/mol. The summed E-state index contributed by atoms with van der Waals surface area (Å²) in [5.74, 6) is -1.01. The summed E-state index contributed by atoms with van der Waals surface area (Å²) in [6.07, 6.45) is 3.58. The fraction of sp³-hybridized carbons (Fsp3) is 0.556. The molecule has 0 bridgehead atoms. The summed E-state index contributed by atoms with van der Waals surface area (Å²) >= 11 is 0. The van der Waals surface area contributed by atoms with Gasteiger partial charge in [-0.2, -0.15) is 5.10 Å². The molecule has 26 heavy (non-hydrogen) atoms. The van der Waals surface area contributed by atoms with E-state index in [1.807, 2.05) is 19.9 Å². The Kier molecular flexibility index (Phi) is 3.95. The Hall–Kier alpha value is -2.48. The minimum atomic E-state index is -0.908. The number of carbonyl (C=O) groups excluding carboxylic acids is 1. The minimum absolute atomic E-state index is 0.0793. The summed E-state index contributed by atoms with van der Waals surface area (Å²) in [5.41, 5.74) is 1.78. The fourth-order valence-corrected chi connectivity index (χ4v) is 4.41. The number of fused-ring (bicyclic) bond motifs is 2. The highest BCUT2D eigenvalue weighted by molar-refractivity contribution is 6.00. The van der Waals surface area contributed by atoms with Gasteiger partial charge in [-0.15, -0.1) is 0 Å². The molecule has 1 amide bonds. The number of rotatable bonds is 2. The van der Waals surface area contributed by atoms with E-state index in [4.69, 9.17) is 0 Å². The van der Waals surface area contributed by atoms with Crippen molar-refractivity contribution in [2.24, 2.45) is 5.41 Å². The van der Waals surface area contributed by atoms with Crippen LogP contribution in [0.15, 0.2) is 12.3 Å². The first-order chi connectivity index (χ1) is 12.4. The molecule has 2 aromatic heterocycles. The molecule has 2 saturated heterocycles. The third-order valence-corrected chi connectivity index (χ3v) is 5.74. The molecule has 2 fully saturated rings. The molecule has 2 aromatic rings. The monoisotopic (exact) mass is 357 g/mol. The second-order valence-electron chi connectivity index (χ2n) is 7.42. The summed E-state index contributed by atoms with van der Waals surface area (Å²) in [6.45, 7) is 5.40. The lowest BCUT2D eigenvalue weighted by Crippen LogP contribution is -2.63. The molecule has 0 spiro atoms. The maximum Gasteiger partial charge on any atom is 0.313 e. The number of aromatic nitrogens is 3. The van der Waals surface area contributed by atoms with E-state index < -0.39 is 11.4 Å². The van der Waals surface area contributed by atoms with Gasteiger partial charge in [-0.05, 0) is 45.7 Å². The van der Waals surface area contributed by atoms with Gasteiger partial charge in [-0.3, -0.25) is 9.59 Å². The number of hydrogen-bond acceptors (Lipinski definition) is 5. The molecule has 4 heterocycles. The molecule has 0 aliphatic carbocycles. The Bertz CT molecular complexity index is 892. The van der Waals surface area contributed by atoms with Crippen LogP contribution in [0, 0.1) is 19.3 Å². The molecule has 0 radical (unpaired) electrons. The highest BCUT2D eigenvalue weighted by Gasteiger charge is 2.51. The van der Waals surface area contributed by atoms with Gasteiger partial charge in [-0.1, -0.05) is 0 Å². The van der Waals surface area contributed by atoms with Crippen molar-refractivity contribution in [3.8, 4) is 0 Å². The third-order valence-electron chi connectivity index (χ3n) is 5.74. The zero-order chi connectivity index (χ0) is 18.5. The lowest BCUT2D eigenvalue weighted by Gasteiger charge is -2.48. The summed E-state index contributed by atoms with van der Waals surface area (Å²) < 4.78 is 1.65. The first-order valence-electron chi connectivity index (χ1n) is 9.00. The smallest absolute Gasteiger partial charge is 0.313 e. The standard InChI is InChI=1S/C18H23N5O3/c1-11-8-12(2)23-15(21-11)13(9-20-23)16(24)22-7-4-14-18(10-22,17(25)26)5-3-6-19-14/h8-9,14,19H,3-7,10H2,1-2H3,(H,25,26)/t14-,18+/m1/s1. The van der Waals surface area contributed by atoms with Crippen LogP contribution in [0.2, 0.25) is 0 Å². The van der Waals surface area contributed by atoms with Gasteiger partial charge in [0.1, 0.15) is 11.0 Å². The number of carboxylic acids is 1. The van der Waals surface area contributed by atoms with Crippen LogP contribution in [0.5, 0.6) is 0 Å². The SMILES string of the molecule is Cc1cc(C)n2ncc(C(=O)N3CC[C@H]4NCCC[C@]4(C(=O)O)C3)c2n1. The summed E-state index contributed by atoms with van der Waals surface area (Å²) in [7, 11) is 0. The second-order valence-corrected chi connectivity index (χ2v) is 7.42. The Balaban J connectivity index is 1.68. The fourth-order valence-electron chi connectivity index (χ4n) is 4.41. The molecule has 0 unspecified atom stereocenters. The van der Waals surface area contributed by atoms with Gasteiger partial charge in [0.25, 0.3) is 5.91 Å². The van der Waals surface area contributed by atoms with E-state index >= 15 is 0 Å². The maximum absolute atomic E-state index is 13.2. The van der Waals surface area contributed by atoms with E-state index in [0.29, 0.717) is 30.6 Å². The molecule has 2 N–H and O–H groups in total. The van der Waals surface area contributed by atoms with Crippen LogP contribution in [0.1, 0.15) is 41.0 Å². The van der Waals surface area contributed by atoms with Gasteiger partial charge in [0.15, 0.2) is 5.65 Å². The number of nitrogens with one attached hydrogen (secondary N) is 1. The number of aryl methyl sites for hydroxylation is 2. The van der Waals surface area contributed by atoms with Crippen LogP contribution in [0.25, 0.3) is 5.65 Å². The van der Waals surface area contributed by atoms with Crippen molar-refractivity contribution in [1.82, 2.24) is 24.8 Å². The van der Waals surface area contributed by atoms with Crippen LogP contribution in [0.3, 0.4) is 0 Å². The van der Waals surface area contributed by atoms with Crippen LogP contribution < -0.4 is 5.32 Å². The average Bonchev–Trinajstić information content (AvgIpc) is 3.04. The van der Waals surface area contributed by atoms with E-state index in [1.54, 1.807) is 9.42 Å². The van der Waals surface area contributed by atoms with E-state index in [2.05, 4.69) is 15.4 Å². The van der Waals surface area contributed by atoms with Gasteiger partial charge in [-0.25, -0.2) is 9.50 Å². The minimum Gasteiger partial charge on any atom is -0.481 e. The van der Waals surface area contributed by atoms with E-state index in [-0.39, 0.29) is 18.5 Å². The number of piperidine rings is 2. The topological polar surface area (TPSA) is 99.8 Å². The van der Waals surface area contributed by atoms with Gasteiger partial charge in [0.2, 0.25) is 0 Å². The maximum atomic E-state index is 13.2. The molecule has 2 aliphatic rings. The number of aliphatic carboxylic acids is 1. The van der Waals surface area contributed by atoms with Crippen LogP contribution in [-0.2, 0) is 4.79 Å². The van der Waals surface area contributed by atoms with E-state index in [0.717, 1.165) is 24.4 Å². The quantitative estimate of drug-likeness (QED) is 0.832. The molecule has 0 aromatic carbocycles. The Labute approximate surface area is 151 Å².